The first-order valence-corrected chi connectivity index (χ1v) is 8.15. The van der Waals surface area contributed by atoms with E-state index in [1.54, 1.807) is 18.2 Å². The third-order valence-electron chi connectivity index (χ3n) is 3.40. The van der Waals surface area contributed by atoms with Crippen molar-refractivity contribution in [1.82, 2.24) is 5.32 Å². The minimum Gasteiger partial charge on any atom is -0.478 e. The lowest BCUT2D eigenvalue weighted by Gasteiger charge is -2.19. The molecule has 0 fully saturated rings. The van der Waals surface area contributed by atoms with Gasteiger partial charge < -0.3 is 15.2 Å². The van der Waals surface area contributed by atoms with Gasteiger partial charge in [0, 0.05) is 6.54 Å². The fraction of sp³-hybridized carbons (Fsp3) is 0.300. The molecule has 1 amide bonds. The highest BCUT2D eigenvalue weighted by Crippen LogP contribution is 2.19. The zero-order valence-corrected chi connectivity index (χ0v) is 14.7. The van der Waals surface area contributed by atoms with Crippen molar-refractivity contribution >= 4 is 28.9 Å². The van der Waals surface area contributed by atoms with Gasteiger partial charge in [-0.3, -0.25) is 0 Å². The lowest BCUT2D eigenvalue weighted by Crippen LogP contribution is -2.32. The molecule has 2 aromatic carbocycles. The van der Waals surface area contributed by atoms with E-state index in [0.717, 1.165) is 16.3 Å². The largest absolute Gasteiger partial charge is 0.478 e. The first-order valence-electron chi connectivity index (χ1n) is 8.15. The van der Waals surface area contributed by atoms with Gasteiger partial charge in [-0.15, -0.1) is 0 Å². The first-order chi connectivity index (χ1) is 11.7. The molecular formula is C20H23NO4. The van der Waals surface area contributed by atoms with E-state index in [2.05, 4.69) is 5.32 Å². The summed E-state index contributed by atoms with van der Waals surface area (Å²) >= 11 is 0. The molecule has 2 rings (SSSR count). The normalized spacial score (nSPS) is 11.6. The Hall–Kier alpha value is -2.82. The molecule has 0 radical (unpaired) electrons. The second-order valence-electron chi connectivity index (χ2n) is 6.75. The van der Waals surface area contributed by atoms with Gasteiger partial charge in [0.15, 0.2) is 0 Å². The smallest absolute Gasteiger partial charge is 0.407 e. The van der Waals surface area contributed by atoms with Crippen molar-refractivity contribution in [3.8, 4) is 0 Å². The maximum absolute atomic E-state index is 11.5. The average molecular weight is 341 g/mol. The molecule has 0 bridgehead atoms. The molecule has 2 N–H and O–H groups in total. The number of carboxylic acids is 1. The Morgan fingerprint density at radius 1 is 1.12 bits per heavy atom. The molecule has 132 valence electrons. The van der Waals surface area contributed by atoms with Gasteiger partial charge in [0.2, 0.25) is 0 Å². The molecule has 0 aliphatic rings. The van der Waals surface area contributed by atoms with Crippen LogP contribution in [0.15, 0.2) is 42.5 Å². The number of ether oxygens (including phenoxy) is 1. The number of rotatable bonds is 5. The van der Waals surface area contributed by atoms with Crippen LogP contribution in [0.1, 0.15) is 43.1 Å². The second kappa shape index (κ2) is 7.83. The molecule has 0 saturated carbocycles. The Kier molecular flexibility index (Phi) is 5.80. The third kappa shape index (κ3) is 5.95. The third-order valence-corrected chi connectivity index (χ3v) is 3.40. The van der Waals surface area contributed by atoms with Crippen molar-refractivity contribution in [2.24, 2.45) is 0 Å². The summed E-state index contributed by atoms with van der Waals surface area (Å²) in [5, 5.41) is 13.6. The fourth-order valence-corrected chi connectivity index (χ4v) is 2.29. The molecule has 5 heteroatoms. The highest BCUT2D eigenvalue weighted by molar-refractivity contribution is 5.94. The molecular weight excluding hydrogens is 318 g/mol. The maximum Gasteiger partial charge on any atom is 0.407 e. The SMILES string of the molecule is CC(C)(C)OC(=O)NCCC=Cc1ccc2cc(C(=O)O)ccc2c1. The van der Waals surface area contributed by atoms with Gasteiger partial charge in [-0.25, -0.2) is 9.59 Å². The van der Waals surface area contributed by atoms with Crippen LogP contribution in [-0.2, 0) is 4.74 Å². The van der Waals surface area contributed by atoms with Crippen LogP contribution >= 0.6 is 0 Å². The van der Waals surface area contributed by atoms with Crippen molar-refractivity contribution in [3.63, 3.8) is 0 Å². The highest BCUT2D eigenvalue weighted by atomic mass is 16.6. The minimum atomic E-state index is -0.927. The summed E-state index contributed by atoms with van der Waals surface area (Å²) in [5.74, 6) is -0.927. The van der Waals surface area contributed by atoms with Gasteiger partial charge in [-0.2, -0.15) is 0 Å². The van der Waals surface area contributed by atoms with Crippen molar-refractivity contribution in [2.75, 3.05) is 6.54 Å². The van der Waals surface area contributed by atoms with Gasteiger partial charge in [0.25, 0.3) is 0 Å². The van der Waals surface area contributed by atoms with Gasteiger partial charge >= 0.3 is 12.1 Å². The van der Waals surface area contributed by atoms with Crippen molar-refractivity contribution in [3.05, 3.63) is 53.6 Å². The lowest BCUT2D eigenvalue weighted by molar-refractivity contribution is 0.0528. The fourth-order valence-electron chi connectivity index (χ4n) is 2.29. The molecule has 0 spiro atoms. The monoisotopic (exact) mass is 341 g/mol. The number of nitrogens with one attached hydrogen (secondary N) is 1. The molecule has 2 aromatic rings. The van der Waals surface area contributed by atoms with Crippen LogP contribution in [0, 0.1) is 0 Å². The standard InChI is InChI=1S/C20H23NO4/c1-20(2,3)25-19(24)21-11-5-4-6-14-7-8-16-13-17(18(22)23)10-9-15(16)12-14/h4,6-10,12-13H,5,11H2,1-3H3,(H,21,24)(H,22,23). The molecule has 0 atom stereocenters. The van der Waals surface area contributed by atoms with E-state index in [1.807, 2.05) is 51.1 Å². The van der Waals surface area contributed by atoms with E-state index in [4.69, 9.17) is 9.84 Å². The van der Waals surface area contributed by atoms with Crippen LogP contribution < -0.4 is 5.32 Å². The van der Waals surface area contributed by atoms with E-state index < -0.39 is 17.7 Å². The summed E-state index contributed by atoms with van der Waals surface area (Å²) in [5.41, 5.74) is 0.808. The van der Waals surface area contributed by atoms with E-state index in [0.29, 0.717) is 13.0 Å². The molecule has 0 saturated heterocycles. The molecule has 0 unspecified atom stereocenters. The summed E-state index contributed by atoms with van der Waals surface area (Å²) < 4.78 is 5.16. The second-order valence-corrected chi connectivity index (χ2v) is 6.75. The molecule has 0 aromatic heterocycles. The summed E-state index contributed by atoms with van der Waals surface area (Å²) in [4.78, 5) is 22.5. The first kappa shape index (κ1) is 18.5. The lowest BCUT2D eigenvalue weighted by atomic mass is 10.0. The Morgan fingerprint density at radius 3 is 2.48 bits per heavy atom. The van der Waals surface area contributed by atoms with Crippen LogP contribution in [0.5, 0.6) is 0 Å². The highest BCUT2D eigenvalue weighted by Gasteiger charge is 2.15. The Labute approximate surface area is 147 Å². The number of hydrogen-bond acceptors (Lipinski definition) is 3. The number of fused-ring (bicyclic) bond motifs is 1. The van der Waals surface area contributed by atoms with Crippen LogP contribution in [0.3, 0.4) is 0 Å². The van der Waals surface area contributed by atoms with Gasteiger partial charge in [0.05, 0.1) is 5.56 Å². The zero-order chi connectivity index (χ0) is 18.4. The number of amides is 1. The number of alkyl carbamates (subject to hydrolysis) is 1. The number of carbonyl (C=O) groups is 2. The van der Waals surface area contributed by atoms with Gasteiger partial charge in [-0.05, 0) is 61.7 Å². The van der Waals surface area contributed by atoms with Crippen molar-refractivity contribution in [1.29, 1.82) is 0 Å². The summed E-state index contributed by atoms with van der Waals surface area (Å²) in [6, 6.07) is 10.9. The summed E-state index contributed by atoms with van der Waals surface area (Å²) in [6.07, 6.45) is 4.22. The number of benzene rings is 2. The average Bonchev–Trinajstić information content (AvgIpc) is 2.52. The Morgan fingerprint density at radius 2 is 1.80 bits per heavy atom. The van der Waals surface area contributed by atoms with Crippen molar-refractivity contribution < 1.29 is 19.4 Å². The summed E-state index contributed by atoms with van der Waals surface area (Å²) in [6.45, 7) is 5.98. The van der Waals surface area contributed by atoms with E-state index in [1.165, 1.54) is 0 Å². The van der Waals surface area contributed by atoms with Crippen LogP contribution in [0.25, 0.3) is 16.8 Å². The van der Waals surface area contributed by atoms with Crippen molar-refractivity contribution in [2.45, 2.75) is 32.8 Å². The molecule has 0 aliphatic carbocycles. The maximum atomic E-state index is 11.5. The van der Waals surface area contributed by atoms with E-state index >= 15 is 0 Å². The van der Waals surface area contributed by atoms with E-state index in [-0.39, 0.29) is 5.56 Å². The molecule has 0 heterocycles. The quantitative estimate of drug-likeness (QED) is 0.787. The van der Waals surface area contributed by atoms with E-state index in [9.17, 15) is 9.59 Å². The summed E-state index contributed by atoms with van der Waals surface area (Å²) in [7, 11) is 0. The Balaban J connectivity index is 1.90. The topological polar surface area (TPSA) is 75.6 Å². The number of carboxylic acid groups (broad SMARTS) is 1. The molecule has 5 nitrogen and oxygen atoms in total. The van der Waals surface area contributed by atoms with Crippen LogP contribution in [0.4, 0.5) is 4.79 Å². The predicted molar refractivity (Wildman–Crippen MR) is 98.8 cm³/mol. The van der Waals surface area contributed by atoms with Crippen LogP contribution in [0.2, 0.25) is 0 Å². The van der Waals surface area contributed by atoms with Crippen LogP contribution in [-0.4, -0.2) is 29.3 Å². The number of carbonyl (C=O) groups excluding carboxylic acids is 1. The zero-order valence-electron chi connectivity index (χ0n) is 14.7. The number of aromatic carboxylic acids is 1. The number of hydrogen-bond donors (Lipinski definition) is 2. The molecule has 0 aliphatic heterocycles. The van der Waals surface area contributed by atoms with Gasteiger partial charge in [-0.1, -0.05) is 30.4 Å². The molecule has 25 heavy (non-hydrogen) atoms. The van der Waals surface area contributed by atoms with Gasteiger partial charge in [0.1, 0.15) is 5.60 Å². The Bertz CT molecular complexity index is 803. The predicted octanol–water partition coefficient (Wildman–Crippen LogP) is 4.47. The minimum absolute atomic E-state index is 0.281.